The first kappa shape index (κ1) is 18.4. The van der Waals surface area contributed by atoms with Gasteiger partial charge in [-0.25, -0.2) is 4.98 Å². The number of aliphatic hydroxyl groups excluding tert-OH is 2. The summed E-state index contributed by atoms with van der Waals surface area (Å²) in [6, 6.07) is 7.81. The number of fused-ring (bicyclic) bond motifs is 1. The Hall–Kier alpha value is -2.95. The number of ether oxygens (including phenoxy) is 1. The first-order valence-electron chi connectivity index (χ1n) is 9.08. The number of rotatable bonds is 5. The maximum Gasteiger partial charge on any atom is 0.280 e. The maximum absolute atomic E-state index is 12.3. The van der Waals surface area contributed by atoms with E-state index < -0.39 is 24.0 Å². The van der Waals surface area contributed by atoms with Gasteiger partial charge >= 0.3 is 0 Å². The van der Waals surface area contributed by atoms with E-state index in [9.17, 15) is 15.0 Å². The van der Waals surface area contributed by atoms with Crippen LogP contribution >= 0.6 is 0 Å². The molecule has 1 fully saturated rings. The third-order valence-corrected chi connectivity index (χ3v) is 4.83. The van der Waals surface area contributed by atoms with Crippen molar-refractivity contribution in [3.05, 3.63) is 40.2 Å². The predicted octanol–water partition coefficient (Wildman–Crippen LogP) is 0.648. The molecule has 3 atom stereocenters. The number of aromatic amines is 1. The average Bonchev–Trinajstić information content (AvgIpc) is 3.21. The number of aryl methyl sites for hydroxylation is 1. The second kappa shape index (κ2) is 7.23. The van der Waals surface area contributed by atoms with Crippen LogP contribution in [-0.2, 0) is 11.2 Å². The number of aliphatic hydroxyl groups is 2. The molecule has 6 N–H and O–H groups in total. The molecular weight excluding hydrogens is 364 g/mol. The van der Waals surface area contributed by atoms with Crippen molar-refractivity contribution >= 4 is 28.7 Å². The van der Waals surface area contributed by atoms with Crippen LogP contribution in [0.3, 0.4) is 0 Å². The molecule has 0 spiro atoms. The summed E-state index contributed by atoms with van der Waals surface area (Å²) in [5.74, 6) is 0.290. The van der Waals surface area contributed by atoms with E-state index in [1.165, 1.54) is 0 Å². The van der Waals surface area contributed by atoms with E-state index in [0.717, 1.165) is 17.7 Å². The van der Waals surface area contributed by atoms with Crippen LogP contribution < -0.4 is 16.6 Å². The molecule has 0 radical (unpaired) electrons. The minimum absolute atomic E-state index is 0.0459. The van der Waals surface area contributed by atoms with Crippen molar-refractivity contribution in [3.63, 3.8) is 0 Å². The highest BCUT2D eigenvalue weighted by atomic mass is 16.5. The standard InChI is InChI=1S/C18H22N6O4/c1-2-9-4-3-5-10(6-9)20-18-21-14-15(22-17(19)23-16(14)27)24(18)13-7-11(26)12(8-25)28-13/h3-6,11-13,25-26H,2,7-8H2,1H3,(H,20,21)(H3,19,22,23,27)/t11-,12+,13+/m0/s1. The van der Waals surface area contributed by atoms with Gasteiger partial charge in [-0.1, -0.05) is 19.1 Å². The predicted molar refractivity (Wildman–Crippen MR) is 103 cm³/mol. The molecule has 1 aromatic carbocycles. The number of H-pyrrole nitrogens is 1. The van der Waals surface area contributed by atoms with Gasteiger partial charge in [-0.15, -0.1) is 0 Å². The van der Waals surface area contributed by atoms with Gasteiger partial charge in [-0.2, -0.15) is 4.98 Å². The largest absolute Gasteiger partial charge is 0.394 e. The summed E-state index contributed by atoms with van der Waals surface area (Å²) in [6.07, 6.45) is -1.14. The van der Waals surface area contributed by atoms with E-state index in [2.05, 4.69) is 27.2 Å². The zero-order valence-electron chi connectivity index (χ0n) is 15.3. The molecule has 28 heavy (non-hydrogen) atoms. The number of nitrogen functional groups attached to an aromatic ring is 1. The Bertz CT molecular complexity index is 1060. The van der Waals surface area contributed by atoms with Crippen molar-refractivity contribution in [1.29, 1.82) is 0 Å². The maximum atomic E-state index is 12.3. The normalized spacial score (nSPS) is 22.0. The molecule has 0 unspecified atom stereocenters. The Morgan fingerprint density at radius 3 is 2.96 bits per heavy atom. The minimum Gasteiger partial charge on any atom is -0.394 e. The van der Waals surface area contributed by atoms with Crippen molar-refractivity contribution in [2.75, 3.05) is 17.7 Å². The van der Waals surface area contributed by atoms with E-state index in [1.54, 1.807) is 4.57 Å². The molecule has 0 saturated carbocycles. The fourth-order valence-corrected chi connectivity index (χ4v) is 3.40. The van der Waals surface area contributed by atoms with E-state index >= 15 is 0 Å². The van der Waals surface area contributed by atoms with Gasteiger partial charge in [0, 0.05) is 12.1 Å². The number of nitrogens with one attached hydrogen (secondary N) is 2. The average molecular weight is 386 g/mol. The fraction of sp³-hybridized carbons (Fsp3) is 0.389. The van der Waals surface area contributed by atoms with Crippen LogP contribution in [0.25, 0.3) is 11.2 Å². The molecule has 1 aliphatic heterocycles. The second-order valence-electron chi connectivity index (χ2n) is 6.72. The lowest BCUT2D eigenvalue weighted by Crippen LogP contribution is -2.24. The molecule has 3 heterocycles. The quantitative estimate of drug-likeness (QED) is 0.429. The van der Waals surface area contributed by atoms with E-state index in [-0.39, 0.29) is 30.1 Å². The van der Waals surface area contributed by atoms with Crippen molar-refractivity contribution in [2.24, 2.45) is 0 Å². The molecule has 2 aromatic heterocycles. The minimum atomic E-state index is -0.844. The number of nitrogens with two attached hydrogens (primary N) is 1. The molecule has 4 rings (SSSR count). The van der Waals surface area contributed by atoms with Gasteiger partial charge in [0.05, 0.1) is 12.7 Å². The number of imidazole rings is 1. The highest BCUT2D eigenvalue weighted by Crippen LogP contribution is 2.34. The van der Waals surface area contributed by atoms with Crippen molar-refractivity contribution in [2.45, 2.75) is 38.2 Å². The van der Waals surface area contributed by atoms with Crippen molar-refractivity contribution < 1.29 is 14.9 Å². The highest BCUT2D eigenvalue weighted by Gasteiger charge is 2.37. The topological polar surface area (TPSA) is 151 Å². The van der Waals surface area contributed by atoms with Crippen LogP contribution in [0.1, 0.15) is 25.1 Å². The van der Waals surface area contributed by atoms with Gasteiger partial charge in [0.25, 0.3) is 5.56 Å². The van der Waals surface area contributed by atoms with Crippen LogP contribution in [0.2, 0.25) is 0 Å². The summed E-state index contributed by atoms with van der Waals surface area (Å²) in [5.41, 5.74) is 7.52. The van der Waals surface area contributed by atoms with Crippen LogP contribution in [-0.4, -0.2) is 48.5 Å². The third kappa shape index (κ3) is 3.21. The Morgan fingerprint density at radius 1 is 1.43 bits per heavy atom. The lowest BCUT2D eigenvalue weighted by atomic mass is 10.1. The molecule has 1 saturated heterocycles. The molecule has 148 valence electrons. The summed E-state index contributed by atoms with van der Waals surface area (Å²) >= 11 is 0. The first-order chi connectivity index (χ1) is 13.5. The lowest BCUT2D eigenvalue weighted by molar-refractivity contribution is -0.0425. The van der Waals surface area contributed by atoms with Gasteiger partial charge in [0.1, 0.15) is 12.3 Å². The van der Waals surface area contributed by atoms with Gasteiger partial charge < -0.3 is 26.0 Å². The Morgan fingerprint density at radius 2 is 2.25 bits per heavy atom. The number of aromatic nitrogens is 4. The monoisotopic (exact) mass is 386 g/mol. The molecule has 0 amide bonds. The van der Waals surface area contributed by atoms with Crippen molar-refractivity contribution in [3.8, 4) is 0 Å². The summed E-state index contributed by atoms with van der Waals surface area (Å²) in [6.45, 7) is 1.74. The molecule has 1 aliphatic rings. The van der Waals surface area contributed by atoms with Crippen LogP contribution in [0, 0.1) is 0 Å². The molecular formula is C18H22N6O4. The number of anilines is 3. The highest BCUT2D eigenvalue weighted by molar-refractivity contribution is 5.76. The van der Waals surface area contributed by atoms with Crippen LogP contribution in [0.5, 0.6) is 0 Å². The van der Waals surface area contributed by atoms with Crippen LogP contribution in [0.4, 0.5) is 17.6 Å². The van der Waals surface area contributed by atoms with E-state index in [0.29, 0.717) is 5.95 Å². The Labute approximate surface area is 160 Å². The summed E-state index contributed by atoms with van der Waals surface area (Å²) < 4.78 is 7.36. The number of nitrogens with zero attached hydrogens (tertiary/aromatic N) is 3. The number of hydrogen-bond acceptors (Lipinski definition) is 8. The summed E-state index contributed by atoms with van der Waals surface area (Å²) in [5, 5.41) is 22.7. The molecule has 0 bridgehead atoms. The molecule has 10 nitrogen and oxygen atoms in total. The van der Waals surface area contributed by atoms with Crippen LogP contribution in [0.15, 0.2) is 29.1 Å². The fourth-order valence-electron chi connectivity index (χ4n) is 3.40. The van der Waals surface area contributed by atoms with Gasteiger partial charge in [-0.05, 0) is 24.1 Å². The molecule has 3 aromatic rings. The zero-order valence-corrected chi connectivity index (χ0v) is 15.3. The molecule has 10 heteroatoms. The van der Waals surface area contributed by atoms with Gasteiger partial charge in [0.2, 0.25) is 11.9 Å². The number of hydrogen-bond donors (Lipinski definition) is 5. The van der Waals surface area contributed by atoms with Gasteiger partial charge in [-0.3, -0.25) is 14.3 Å². The Kier molecular flexibility index (Phi) is 4.75. The SMILES string of the molecule is CCc1cccc(Nc2nc3c(=O)[nH]c(N)nc3n2[C@H]2C[C@H](O)[C@@H](CO)O2)c1. The van der Waals surface area contributed by atoms with Crippen molar-refractivity contribution in [1.82, 2.24) is 19.5 Å². The van der Waals surface area contributed by atoms with E-state index in [1.807, 2.05) is 24.3 Å². The third-order valence-electron chi connectivity index (χ3n) is 4.83. The number of benzene rings is 1. The molecule has 0 aliphatic carbocycles. The smallest absolute Gasteiger partial charge is 0.280 e. The second-order valence-corrected chi connectivity index (χ2v) is 6.72. The van der Waals surface area contributed by atoms with E-state index in [4.69, 9.17) is 10.5 Å². The zero-order chi connectivity index (χ0) is 19.8. The first-order valence-corrected chi connectivity index (χ1v) is 9.08. The lowest BCUT2D eigenvalue weighted by Gasteiger charge is -2.17. The summed E-state index contributed by atoms with van der Waals surface area (Å²) in [4.78, 5) is 23.3. The van der Waals surface area contributed by atoms with Gasteiger partial charge in [0.15, 0.2) is 11.2 Å². The Balaban J connectivity index is 1.83. The summed E-state index contributed by atoms with van der Waals surface area (Å²) in [7, 11) is 0.